The highest BCUT2D eigenvalue weighted by Gasteiger charge is 2.28. The van der Waals surface area contributed by atoms with Crippen LogP contribution in [-0.2, 0) is 4.79 Å². The molecule has 0 saturated heterocycles. The molecule has 0 fully saturated rings. The van der Waals surface area contributed by atoms with Gasteiger partial charge in [-0.05, 0) is 13.0 Å². The molecule has 2 N–H and O–H groups in total. The number of carboxylic acid groups (broad SMARTS) is 1. The van der Waals surface area contributed by atoms with E-state index in [0.29, 0.717) is 0 Å². The Kier molecular flexibility index (Phi) is 4.89. The van der Waals surface area contributed by atoms with Crippen molar-refractivity contribution >= 4 is 11.9 Å². The Bertz CT molecular complexity index is 505. The van der Waals surface area contributed by atoms with Crippen LogP contribution in [0, 0.1) is 0 Å². The van der Waals surface area contributed by atoms with Crippen molar-refractivity contribution in [2.75, 3.05) is 6.61 Å². The van der Waals surface area contributed by atoms with E-state index in [1.165, 1.54) is 13.0 Å². The van der Waals surface area contributed by atoms with Crippen LogP contribution in [0.2, 0.25) is 0 Å². The third-order valence-electron chi connectivity index (χ3n) is 2.10. The van der Waals surface area contributed by atoms with Gasteiger partial charge in [-0.3, -0.25) is 9.59 Å². The minimum atomic E-state index is -4.52. The summed E-state index contributed by atoms with van der Waals surface area (Å²) in [6.07, 6.45) is -3.43. The number of hydrogen-bond acceptors (Lipinski definition) is 4. The number of aromatic nitrogens is 1. The minimum Gasteiger partial charge on any atom is -0.480 e. The second-order valence-electron chi connectivity index (χ2n) is 3.82. The standard InChI is InChI=1S/C11H11F3N2O4/c1-6(10(18)19)16-9(17)7-2-3-15-8(4-7)20-5-11(12,13)14/h2-4,6H,5H2,1H3,(H,16,17)(H,18,19). The Morgan fingerprint density at radius 2 is 2.15 bits per heavy atom. The largest absolute Gasteiger partial charge is 0.480 e. The first-order valence-corrected chi connectivity index (χ1v) is 5.38. The maximum Gasteiger partial charge on any atom is 0.422 e. The van der Waals surface area contributed by atoms with Crippen LogP contribution < -0.4 is 10.1 Å². The van der Waals surface area contributed by atoms with Crippen LogP contribution in [0.5, 0.6) is 5.88 Å². The summed E-state index contributed by atoms with van der Waals surface area (Å²) >= 11 is 0. The van der Waals surface area contributed by atoms with E-state index in [0.717, 1.165) is 12.3 Å². The fraction of sp³-hybridized carbons (Fsp3) is 0.364. The van der Waals surface area contributed by atoms with Gasteiger partial charge in [0, 0.05) is 17.8 Å². The first-order chi connectivity index (χ1) is 9.19. The summed E-state index contributed by atoms with van der Waals surface area (Å²) in [6, 6.07) is 1.09. The molecule has 1 unspecified atom stereocenters. The molecule has 0 aliphatic carbocycles. The number of carbonyl (C=O) groups is 2. The summed E-state index contributed by atoms with van der Waals surface area (Å²) in [5, 5.41) is 10.8. The van der Waals surface area contributed by atoms with Crippen molar-refractivity contribution in [1.82, 2.24) is 10.3 Å². The Morgan fingerprint density at radius 3 is 2.70 bits per heavy atom. The molecule has 20 heavy (non-hydrogen) atoms. The SMILES string of the molecule is CC(NC(=O)c1ccnc(OCC(F)(F)F)c1)C(=O)O. The highest BCUT2D eigenvalue weighted by Crippen LogP contribution is 2.17. The number of nitrogens with zero attached hydrogens (tertiary/aromatic N) is 1. The van der Waals surface area contributed by atoms with Gasteiger partial charge in [-0.1, -0.05) is 0 Å². The van der Waals surface area contributed by atoms with E-state index < -0.39 is 30.7 Å². The molecule has 1 atom stereocenters. The summed E-state index contributed by atoms with van der Waals surface area (Å²) in [6.45, 7) is -0.279. The lowest BCUT2D eigenvalue weighted by atomic mass is 10.2. The second kappa shape index (κ2) is 6.22. The van der Waals surface area contributed by atoms with Crippen molar-refractivity contribution in [3.63, 3.8) is 0 Å². The van der Waals surface area contributed by atoms with Gasteiger partial charge in [-0.15, -0.1) is 0 Å². The monoisotopic (exact) mass is 292 g/mol. The van der Waals surface area contributed by atoms with Crippen molar-refractivity contribution in [2.24, 2.45) is 0 Å². The molecule has 1 aromatic heterocycles. The van der Waals surface area contributed by atoms with E-state index in [-0.39, 0.29) is 11.4 Å². The quantitative estimate of drug-likeness (QED) is 0.852. The number of nitrogens with one attached hydrogen (secondary N) is 1. The summed E-state index contributed by atoms with van der Waals surface area (Å²) < 4.78 is 40.3. The first-order valence-electron chi connectivity index (χ1n) is 5.38. The van der Waals surface area contributed by atoms with Crippen LogP contribution in [-0.4, -0.2) is 40.8 Å². The molecule has 0 radical (unpaired) electrons. The molecule has 1 heterocycles. The molecule has 1 amide bonds. The zero-order valence-electron chi connectivity index (χ0n) is 10.3. The van der Waals surface area contributed by atoms with Gasteiger partial charge >= 0.3 is 12.1 Å². The van der Waals surface area contributed by atoms with Crippen molar-refractivity contribution < 1.29 is 32.6 Å². The van der Waals surface area contributed by atoms with Crippen LogP contribution in [0.4, 0.5) is 13.2 Å². The van der Waals surface area contributed by atoms with Gasteiger partial charge in [-0.25, -0.2) is 4.98 Å². The van der Waals surface area contributed by atoms with Gasteiger partial charge in [0.25, 0.3) is 5.91 Å². The molecule has 0 spiro atoms. The Morgan fingerprint density at radius 1 is 1.50 bits per heavy atom. The van der Waals surface area contributed by atoms with Crippen LogP contribution in [0.15, 0.2) is 18.3 Å². The number of ether oxygens (including phenoxy) is 1. The number of halogens is 3. The lowest BCUT2D eigenvalue weighted by molar-refractivity contribution is -0.154. The van der Waals surface area contributed by atoms with E-state index in [1.54, 1.807) is 0 Å². The maximum absolute atomic E-state index is 12.0. The van der Waals surface area contributed by atoms with Gasteiger partial charge in [-0.2, -0.15) is 13.2 Å². The number of aliphatic carboxylic acids is 1. The van der Waals surface area contributed by atoms with Gasteiger partial charge in [0.05, 0.1) is 0 Å². The number of pyridine rings is 1. The zero-order chi connectivity index (χ0) is 15.3. The summed E-state index contributed by atoms with van der Waals surface area (Å²) in [5.74, 6) is -2.36. The highest BCUT2D eigenvalue weighted by molar-refractivity contribution is 5.96. The average Bonchev–Trinajstić information content (AvgIpc) is 2.35. The second-order valence-corrected chi connectivity index (χ2v) is 3.82. The predicted octanol–water partition coefficient (Wildman–Crippen LogP) is 1.23. The van der Waals surface area contributed by atoms with Gasteiger partial charge in [0.15, 0.2) is 6.61 Å². The zero-order valence-corrected chi connectivity index (χ0v) is 10.3. The van der Waals surface area contributed by atoms with E-state index in [2.05, 4.69) is 15.0 Å². The number of carboxylic acids is 1. The third kappa shape index (κ3) is 5.12. The Labute approximate surface area is 111 Å². The fourth-order valence-corrected chi connectivity index (χ4v) is 1.13. The molecule has 6 nitrogen and oxygen atoms in total. The summed E-state index contributed by atoms with van der Waals surface area (Å²) in [5.41, 5.74) is -0.0507. The van der Waals surface area contributed by atoms with Crippen LogP contribution in [0.3, 0.4) is 0 Å². The Hall–Kier alpha value is -2.32. The lowest BCUT2D eigenvalue weighted by Crippen LogP contribution is -2.38. The summed E-state index contributed by atoms with van der Waals surface area (Å²) in [7, 11) is 0. The normalized spacial score (nSPS) is 12.6. The number of amides is 1. The number of carbonyl (C=O) groups excluding carboxylic acids is 1. The van der Waals surface area contributed by atoms with Gasteiger partial charge in [0.1, 0.15) is 6.04 Å². The van der Waals surface area contributed by atoms with Crippen LogP contribution >= 0.6 is 0 Å². The average molecular weight is 292 g/mol. The maximum atomic E-state index is 12.0. The number of rotatable bonds is 5. The molecule has 0 saturated carbocycles. The molecule has 9 heteroatoms. The molecule has 0 aliphatic rings. The smallest absolute Gasteiger partial charge is 0.422 e. The molecule has 1 aromatic rings. The fourth-order valence-electron chi connectivity index (χ4n) is 1.13. The van der Waals surface area contributed by atoms with E-state index >= 15 is 0 Å². The topological polar surface area (TPSA) is 88.5 Å². The molecule has 110 valence electrons. The van der Waals surface area contributed by atoms with Crippen molar-refractivity contribution in [3.8, 4) is 5.88 Å². The molecular weight excluding hydrogens is 281 g/mol. The van der Waals surface area contributed by atoms with Crippen LogP contribution in [0.25, 0.3) is 0 Å². The number of hydrogen-bond donors (Lipinski definition) is 2. The van der Waals surface area contributed by atoms with E-state index in [4.69, 9.17) is 5.11 Å². The van der Waals surface area contributed by atoms with Crippen molar-refractivity contribution in [2.45, 2.75) is 19.1 Å². The molecule has 0 aromatic carbocycles. The highest BCUT2D eigenvalue weighted by atomic mass is 19.4. The number of alkyl halides is 3. The van der Waals surface area contributed by atoms with Gasteiger partial charge in [0.2, 0.25) is 5.88 Å². The van der Waals surface area contributed by atoms with Crippen molar-refractivity contribution in [1.29, 1.82) is 0 Å². The summed E-state index contributed by atoms with van der Waals surface area (Å²) in [4.78, 5) is 25.7. The molecule has 0 bridgehead atoms. The lowest BCUT2D eigenvalue weighted by Gasteiger charge is -2.11. The van der Waals surface area contributed by atoms with Crippen molar-refractivity contribution in [3.05, 3.63) is 23.9 Å². The Balaban J connectivity index is 2.72. The van der Waals surface area contributed by atoms with Gasteiger partial charge < -0.3 is 15.2 Å². The first kappa shape index (κ1) is 15.7. The minimum absolute atomic E-state index is 0.0507. The predicted molar refractivity (Wildman–Crippen MR) is 60.4 cm³/mol. The third-order valence-corrected chi connectivity index (χ3v) is 2.10. The van der Waals surface area contributed by atoms with E-state index in [9.17, 15) is 22.8 Å². The molecule has 0 aliphatic heterocycles. The molecule has 1 rings (SSSR count). The molecular formula is C11H11F3N2O4. The van der Waals surface area contributed by atoms with Crippen LogP contribution in [0.1, 0.15) is 17.3 Å². The van der Waals surface area contributed by atoms with E-state index in [1.807, 2.05) is 0 Å².